The number of nitrogens with one attached hydrogen (secondary N) is 2. The topological polar surface area (TPSA) is 91.9 Å². The lowest BCUT2D eigenvalue weighted by atomic mass is 9.79. The maximum absolute atomic E-state index is 13.2. The third kappa shape index (κ3) is 3.48. The van der Waals surface area contributed by atoms with Crippen molar-refractivity contribution in [3.63, 3.8) is 0 Å². The summed E-state index contributed by atoms with van der Waals surface area (Å²) in [5.41, 5.74) is 9.72. The van der Waals surface area contributed by atoms with E-state index in [1.807, 2.05) is 54.6 Å². The number of para-hydroxylation sites is 1. The highest BCUT2D eigenvalue weighted by Crippen LogP contribution is 2.41. The molecule has 1 aliphatic rings. The predicted molar refractivity (Wildman–Crippen MR) is 112 cm³/mol. The molecule has 2 aromatic carbocycles. The van der Waals surface area contributed by atoms with Crippen LogP contribution in [0.3, 0.4) is 0 Å². The molecule has 1 saturated carbocycles. The van der Waals surface area contributed by atoms with Crippen LogP contribution in [0.2, 0.25) is 0 Å². The number of benzene rings is 2. The van der Waals surface area contributed by atoms with E-state index >= 15 is 0 Å². The van der Waals surface area contributed by atoms with E-state index in [0.717, 1.165) is 53.4 Å². The van der Waals surface area contributed by atoms with Crippen LogP contribution < -0.4 is 11.1 Å². The fourth-order valence-corrected chi connectivity index (χ4v) is 4.26. The molecule has 0 spiro atoms. The zero-order valence-corrected chi connectivity index (χ0v) is 15.7. The molecule has 4 rings (SSSR count). The average Bonchev–Trinajstić information content (AvgIpc) is 2.73. The molecule has 5 nitrogen and oxygen atoms in total. The zero-order chi connectivity index (χ0) is 19.5. The van der Waals surface area contributed by atoms with Crippen LogP contribution in [-0.4, -0.2) is 16.9 Å². The summed E-state index contributed by atoms with van der Waals surface area (Å²) >= 11 is 0. The van der Waals surface area contributed by atoms with Gasteiger partial charge in [-0.25, -0.2) is 4.98 Å². The van der Waals surface area contributed by atoms with Gasteiger partial charge in [0.05, 0.1) is 16.8 Å². The van der Waals surface area contributed by atoms with Gasteiger partial charge in [-0.05, 0) is 30.4 Å². The Morgan fingerprint density at radius 3 is 2.39 bits per heavy atom. The molecule has 1 aromatic heterocycles. The summed E-state index contributed by atoms with van der Waals surface area (Å²) in [4.78, 5) is 18.1. The van der Waals surface area contributed by atoms with E-state index in [9.17, 15) is 4.79 Å². The van der Waals surface area contributed by atoms with Crippen LogP contribution in [0.15, 0.2) is 54.6 Å². The first kappa shape index (κ1) is 18.2. The maximum Gasteiger partial charge on any atom is 0.258 e. The number of hydrogen-bond acceptors (Lipinski definition) is 3. The van der Waals surface area contributed by atoms with Crippen LogP contribution in [0.1, 0.15) is 53.9 Å². The largest absolute Gasteiger partial charge is 0.370 e. The second-order valence-electron chi connectivity index (χ2n) is 7.33. The molecule has 1 amide bonds. The van der Waals surface area contributed by atoms with Crippen LogP contribution in [0.4, 0.5) is 0 Å². The average molecular weight is 372 g/mol. The van der Waals surface area contributed by atoms with E-state index in [-0.39, 0.29) is 17.8 Å². The number of rotatable bonds is 3. The van der Waals surface area contributed by atoms with Crippen molar-refractivity contribution in [3.05, 3.63) is 65.7 Å². The van der Waals surface area contributed by atoms with E-state index in [2.05, 4.69) is 5.32 Å². The van der Waals surface area contributed by atoms with E-state index in [0.29, 0.717) is 5.56 Å². The van der Waals surface area contributed by atoms with Crippen molar-refractivity contribution in [1.82, 2.24) is 10.3 Å². The van der Waals surface area contributed by atoms with Gasteiger partial charge in [0.25, 0.3) is 5.91 Å². The van der Waals surface area contributed by atoms with Crippen LogP contribution in [0.25, 0.3) is 22.2 Å². The summed E-state index contributed by atoms with van der Waals surface area (Å²) in [6.07, 6.45) is 5.62. The summed E-state index contributed by atoms with van der Waals surface area (Å²) in [6.45, 7) is 0. The monoisotopic (exact) mass is 372 g/mol. The summed E-state index contributed by atoms with van der Waals surface area (Å²) < 4.78 is 0. The third-order valence-electron chi connectivity index (χ3n) is 5.47. The molecule has 0 bridgehead atoms. The van der Waals surface area contributed by atoms with Crippen molar-refractivity contribution in [2.24, 2.45) is 5.73 Å². The SMILES string of the molecule is N=C(N)NC(=O)c1c(C2CCCCC2)c(-c2ccccc2)nc2ccccc12. The normalized spacial score (nSPS) is 14.7. The molecule has 0 radical (unpaired) electrons. The number of carbonyl (C=O) groups is 1. The molecule has 0 saturated heterocycles. The molecule has 28 heavy (non-hydrogen) atoms. The van der Waals surface area contributed by atoms with Crippen LogP contribution >= 0.6 is 0 Å². The highest BCUT2D eigenvalue weighted by molar-refractivity contribution is 6.13. The van der Waals surface area contributed by atoms with Crippen LogP contribution in [-0.2, 0) is 0 Å². The van der Waals surface area contributed by atoms with Crippen molar-refractivity contribution in [2.75, 3.05) is 0 Å². The Morgan fingerprint density at radius 2 is 1.68 bits per heavy atom. The third-order valence-corrected chi connectivity index (χ3v) is 5.47. The Morgan fingerprint density at radius 1 is 1.00 bits per heavy atom. The number of carbonyl (C=O) groups excluding carboxylic acids is 1. The van der Waals surface area contributed by atoms with Crippen molar-refractivity contribution < 1.29 is 4.79 Å². The molecular weight excluding hydrogens is 348 g/mol. The van der Waals surface area contributed by atoms with Gasteiger partial charge in [0.1, 0.15) is 0 Å². The smallest absolute Gasteiger partial charge is 0.258 e. The highest BCUT2D eigenvalue weighted by atomic mass is 16.1. The molecular formula is C23H24N4O. The van der Waals surface area contributed by atoms with Crippen molar-refractivity contribution in [1.29, 1.82) is 5.41 Å². The summed E-state index contributed by atoms with van der Waals surface area (Å²) in [6, 6.07) is 17.7. The van der Waals surface area contributed by atoms with Gasteiger partial charge in [-0.1, -0.05) is 67.8 Å². The Kier molecular flexibility index (Phi) is 5.06. The predicted octanol–water partition coefficient (Wildman–Crippen LogP) is 4.57. The quantitative estimate of drug-likeness (QED) is 0.464. The molecule has 5 heteroatoms. The minimum Gasteiger partial charge on any atom is -0.370 e. The number of nitrogens with zero attached hydrogens (tertiary/aromatic N) is 1. The minimum atomic E-state index is -0.346. The summed E-state index contributed by atoms with van der Waals surface area (Å²) in [5.74, 6) is -0.403. The molecule has 0 atom stereocenters. The first-order chi connectivity index (χ1) is 13.6. The number of nitrogens with two attached hydrogens (primary N) is 1. The molecule has 0 unspecified atom stereocenters. The Hall–Kier alpha value is -3.21. The van der Waals surface area contributed by atoms with Gasteiger partial charge < -0.3 is 5.73 Å². The number of pyridine rings is 1. The number of fused-ring (bicyclic) bond motifs is 1. The second kappa shape index (κ2) is 7.80. The van der Waals surface area contributed by atoms with Crippen LogP contribution in [0.5, 0.6) is 0 Å². The standard InChI is InChI=1S/C23H24N4O/c24-23(25)27-22(28)20-17-13-7-8-14-18(17)26-21(16-11-5-2-6-12-16)19(20)15-9-3-1-4-10-15/h2,5-8,11-15H,1,3-4,9-10H2,(H4,24,25,27,28). The van der Waals surface area contributed by atoms with E-state index in [1.54, 1.807) is 0 Å². The van der Waals surface area contributed by atoms with Crippen molar-refractivity contribution in [3.8, 4) is 11.3 Å². The van der Waals surface area contributed by atoms with Gasteiger partial charge in [-0.3, -0.25) is 15.5 Å². The molecule has 3 aromatic rings. The summed E-state index contributed by atoms with van der Waals surface area (Å²) in [5, 5.41) is 10.9. The number of aromatic nitrogens is 1. The fourth-order valence-electron chi connectivity index (χ4n) is 4.26. The molecule has 1 fully saturated rings. The molecule has 0 aliphatic heterocycles. The van der Waals surface area contributed by atoms with Gasteiger partial charge in [-0.2, -0.15) is 0 Å². The van der Waals surface area contributed by atoms with Gasteiger partial charge in [0.2, 0.25) is 0 Å². The lowest BCUT2D eigenvalue weighted by molar-refractivity contribution is 0.0976. The fraction of sp³-hybridized carbons (Fsp3) is 0.261. The molecule has 1 heterocycles. The Labute approximate surface area is 164 Å². The van der Waals surface area contributed by atoms with Gasteiger partial charge in [-0.15, -0.1) is 0 Å². The first-order valence-corrected chi connectivity index (χ1v) is 9.78. The van der Waals surface area contributed by atoms with Crippen molar-refractivity contribution in [2.45, 2.75) is 38.0 Å². The summed E-state index contributed by atoms with van der Waals surface area (Å²) in [7, 11) is 0. The lowest BCUT2D eigenvalue weighted by Crippen LogP contribution is -2.36. The van der Waals surface area contributed by atoms with Crippen LogP contribution in [0, 0.1) is 5.41 Å². The maximum atomic E-state index is 13.2. The highest BCUT2D eigenvalue weighted by Gasteiger charge is 2.28. The van der Waals surface area contributed by atoms with E-state index in [4.69, 9.17) is 16.1 Å². The van der Waals surface area contributed by atoms with Gasteiger partial charge in [0.15, 0.2) is 5.96 Å². The zero-order valence-electron chi connectivity index (χ0n) is 15.7. The van der Waals surface area contributed by atoms with E-state index in [1.165, 1.54) is 6.42 Å². The van der Waals surface area contributed by atoms with Gasteiger partial charge >= 0.3 is 0 Å². The minimum absolute atomic E-state index is 0.272. The number of hydrogen-bond donors (Lipinski definition) is 3. The van der Waals surface area contributed by atoms with E-state index < -0.39 is 0 Å². The second-order valence-corrected chi connectivity index (χ2v) is 7.33. The molecule has 1 aliphatic carbocycles. The molecule has 142 valence electrons. The Bertz CT molecular complexity index is 1020. The molecule has 4 N–H and O–H groups in total. The Balaban J connectivity index is 2.03. The number of amides is 1. The lowest BCUT2D eigenvalue weighted by Gasteiger charge is -2.27. The number of guanidine groups is 1. The van der Waals surface area contributed by atoms with Gasteiger partial charge in [0, 0.05) is 10.9 Å². The first-order valence-electron chi connectivity index (χ1n) is 9.78. The van der Waals surface area contributed by atoms with Crippen molar-refractivity contribution >= 4 is 22.8 Å².